The topological polar surface area (TPSA) is 66.8 Å². The van der Waals surface area contributed by atoms with Gasteiger partial charge in [-0.15, -0.1) is 0 Å². The number of aliphatic hydroxyl groups excluding tert-OH is 1. The standard InChI is InChI=1S/C19H27F2NO4/c1-6-22(7-2)17(25)26-16(18(3,4)5)15(24)19(20,21)14(23)13-11-9-8-10-12-13/h8-12,14,16,23H,6-7H2,1-5H3. The number of ether oxygens (including phenoxy) is 1. The van der Waals surface area contributed by atoms with Crippen LogP contribution in [0.5, 0.6) is 0 Å². The van der Waals surface area contributed by atoms with Crippen molar-refractivity contribution in [2.24, 2.45) is 5.41 Å². The fourth-order valence-corrected chi connectivity index (χ4v) is 2.43. The molecular weight excluding hydrogens is 344 g/mol. The van der Waals surface area contributed by atoms with E-state index in [1.54, 1.807) is 19.9 Å². The zero-order valence-electron chi connectivity index (χ0n) is 15.8. The van der Waals surface area contributed by atoms with Crippen molar-refractivity contribution in [1.29, 1.82) is 0 Å². The van der Waals surface area contributed by atoms with E-state index >= 15 is 0 Å². The third-order valence-electron chi connectivity index (χ3n) is 4.05. The molecule has 2 unspecified atom stereocenters. The number of carbonyl (C=O) groups is 2. The Balaban J connectivity index is 3.13. The van der Waals surface area contributed by atoms with Crippen LogP contribution in [0.15, 0.2) is 30.3 Å². The van der Waals surface area contributed by atoms with E-state index in [1.807, 2.05) is 0 Å². The molecule has 0 aliphatic rings. The highest BCUT2D eigenvalue weighted by atomic mass is 19.3. The number of hydrogen-bond acceptors (Lipinski definition) is 4. The third-order valence-corrected chi connectivity index (χ3v) is 4.05. The smallest absolute Gasteiger partial charge is 0.410 e. The number of alkyl halides is 2. The molecule has 1 aromatic carbocycles. The van der Waals surface area contributed by atoms with Gasteiger partial charge in [-0.1, -0.05) is 51.1 Å². The van der Waals surface area contributed by atoms with Gasteiger partial charge in [-0.3, -0.25) is 4.79 Å². The number of Topliss-reactive ketones (excluding diaryl/α,β-unsaturated/α-hetero) is 1. The molecule has 0 spiro atoms. The van der Waals surface area contributed by atoms with Crippen molar-refractivity contribution < 1.29 is 28.2 Å². The van der Waals surface area contributed by atoms with E-state index in [4.69, 9.17) is 4.74 Å². The predicted molar refractivity (Wildman–Crippen MR) is 94.0 cm³/mol. The largest absolute Gasteiger partial charge is 0.437 e. The van der Waals surface area contributed by atoms with Crippen molar-refractivity contribution in [3.63, 3.8) is 0 Å². The van der Waals surface area contributed by atoms with Crippen LogP contribution in [0.25, 0.3) is 0 Å². The molecule has 0 heterocycles. The average Bonchev–Trinajstić information content (AvgIpc) is 2.59. The summed E-state index contributed by atoms with van der Waals surface area (Å²) in [7, 11) is 0. The lowest BCUT2D eigenvalue weighted by molar-refractivity contribution is -0.176. The molecule has 1 rings (SSSR count). The summed E-state index contributed by atoms with van der Waals surface area (Å²) in [4.78, 5) is 26.0. The van der Waals surface area contributed by atoms with Crippen LogP contribution in [0.2, 0.25) is 0 Å². The summed E-state index contributed by atoms with van der Waals surface area (Å²) in [6.45, 7) is 8.65. The lowest BCUT2D eigenvalue weighted by atomic mass is 9.83. The molecule has 0 bridgehead atoms. The molecule has 0 saturated carbocycles. The molecule has 0 aliphatic heterocycles. The number of hydrogen-bond donors (Lipinski definition) is 1. The SMILES string of the molecule is CCN(CC)C(=O)OC(C(=O)C(F)(F)C(O)c1ccccc1)C(C)(C)C. The van der Waals surface area contributed by atoms with Crippen LogP contribution in [-0.4, -0.2) is 47.0 Å². The molecule has 2 atom stereocenters. The van der Waals surface area contributed by atoms with Crippen LogP contribution in [0.1, 0.15) is 46.3 Å². The molecule has 1 aromatic rings. The number of ketones is 1. The van der Waals surface area contributed by atoms with Gasteiger partial charge < -0.3 is 14.7 Å². The summed E-state index contributed by atoms with van der Waals surface area (Å²) < 4.78 is 34.5. The van der Waals surface area contributed by atoms with Gasteiger partial charge in [-0.05, 0) is 19.4 Å². The molecule has 7 heteroatoms. The van der Waals surface area contributed by atoms with Gasteiger partial charge >= 0.3 is 12.0 Å². The minimum Gasteiger partial charge on any atom is -0.437 e. The first-order valence-electron chi connectivity index (χ1n) is 8.57. The van der Waals surface area contributed by atoms with E-state index in [-0.39, 0.29) is 5.56 Å². The highest BCUT2D eigenvalue weighted by Crippen LogP contribution is 2.37. The first-order valence-corrected chi connectivity index (χ1v) is 8.57. The summed E-state index contributed by atoms with van der Waals surface area (Å²) in [5.41, 5.74) is -1.16. The van der Waals surface area contributed by atoms with E-state index in [9.17, 15) is 23.5 Å². The van der Waals surface area contributed by atoms with E-state index in [1.165, 1.54) is 49.9 Å². The minimum absolute atomic E-state index is 0.0893. The summed E-state index contributed by atoms with van der Waals surface area (Å²) >= 11 is 0. The molecule has 0 aliphatic carbocycles. The Morgan fingerprint density at radius 2 is 1.62 bits per heavy atom. The Labute approximate surface area is 152 Å². The van der Waals surface area contributed by atoms with Crippen LogP contribution >= 0.6 is 0 Å². The molecule has 1 N–H and O–H groups in total. The van der Waals surface area contributed by atoms with Crippen molar-refractivity contribution in [3.8, 4) is 0 Å². The minimum atomic E-state index is -4.11. The maximum atomic E-state index is 14.7. The number of carbonyl (C=O) groups excluding carboxylic acids is 2. The van der Waals surface area contributed by atoms with Gasteiger partial charge in [-0.2, -0.15) is 8.78 Å². The quantitative estimate of drug-likeness (QED) is 0.791. The normalized spacial score (nSPS) is 14.5. The van der Waals surface area contributed by atoms with Gasteiger partial charge in [0.05, 0.1) is 0 Å². The van der Waals surface area contributed by atoms with Crippen molar-refractivity contribution in [2.75, 3.05) is 13.1 Å². The maximum Gasteiger partial charge on any atom is 0.410 e. The lowest BCUT2D eigenvalue weighted by Gasteiger charge is -2.34. The second-order valence-corrected chi connectivity index (χ2v) is 7.10. The van der Waals surface area contributed by atoms with Gasteiger partial charge in [-0.25, -0.2) is 4.79 Å². The summed E-state index contributed by atoms with van der Waals surface area (Å²) in [5, 5.41) is 10.0. The second-order valence-electron chi connectivity index (χ2n) is 7.10. The Morgan fingerprint density at radius 3 is 2.04 bits per heavy atom. The average molecular weight is 371 g/mol. The summed E-state index contributed by atoms with van der Waals surface area (Å²) in [6, 6.07) is 7.20. The number of nitrogens with zero attached hydrogens (tertiary/aromatic N) is 1. The van der Waals surface area contributed by atoms with E-state index in [2.05, 4.69) is 0 Å². The zero-order valence-corrected chi connectivity index (χ0v) is 15.8. The Bertz CT molecular complexity index is 610. The number of aliphatic hydroxyl groups is 1. The number of benzene rings is 1. The molecule has 0 aromatic heterocycles. The van der Waals surface area contributed by atoms with Crippen LogP contribution in [0, 0.1) is 5.41 Å². The van der Waals surface area contributed by atoms with Gasteiger partial charge in [0, 0.05) is 18.5 Å². The first kappa shape index (κ1) is 22.0. The van der Waals surface area contributed by atoms with E-state index in [0.29, 0.717) is 13.1 Å². The van der Waals surface area contributed by atoms with Gasteiger partial charge in [0.2, 0.25) is 5.78 Å². The molecule has 5 nitrogen and oxygen atoms in total. The maximum absolute atomic E-state index is 14.7. The fraction of sp³-hybridized carbons (Fsp3) is 0.579. The number of rotatable bonds is 7. The van der Waals surface area contributed by atoms with Gasteiger partial charge in [0.15, 0.2) is 12.2 Å². The number of amides is 1. The Morgan fingerprint density at radius 1 is 1.12 bits per heavy atom. The third kappa shape index (κ3) is 5.00. The summed E-state index contributed by atoms with van der Waals surface area (Å²) in [6.07, 6.45) is -4.87. The molecule has 1 amide bonds. The molecule has 0 fully saturated rings. The fourth-order valence-electron chi connectivity index (χ4n) is 2.43. The Hall–Kier alpha value is -2.02. The summed E-state index contributed by atoms with van der Waals surface area (Å²) in [5.74, 6) is -5.73. The van der Waals surface area contributed by atoms with Gasteiger partial charge in [0.25, 0.3) is 0 Å². The second kappa shape index (κ2) is 8.58. The molecular formula is C19H27F2NO4. The molecule has 0 radical (unpaired) electrons. The molecule has 0 saturated heterocycles. The van der Waals surface area contributed by atoms with Crippen molar-refractivity contribution in [2.45, 2.75) is 52.7 Å². The van der Waals surface area contributed by atoms with Crippen LogP contribution < -0.4 is 0 Å². The van der Waals surface area contributed by atoms with Crippen LogP contribution in [-0.2, 0) is 9.53 Å². The highest BCUT2D eigenvalue weighted by molar-refractivity contribution is 5.92. The van der Waals surface area contributed by atoms with Crippen molar-refractivity contribution in [1.82, 2.24) is 4.90 Å². The zero-order chi connectivity index (χ0) is 20.1. The first-order chi connectivity index (χ1) is 12.0. The number of halogens is 2. The van der Waals surface area contributed by atoms with Crippen molar-refractivity contribution >= 4 is 11.9 Å². The highest BCUT2D eigenvalue weighted by Gasteiger charge is 2.54. The van der Waals surface area contributed by atoms with Gasteiger partial charge in [0.1, 0.15) is 0 Å². The predicted octanol–water partition coefficient (Wildman–Crippen LogP) is 3.82. The molecule has 146 valence electrons. The monoisotopic (exact) mass is 371 g/mol. The Kier molecular flexibility index (Phi) is 7.26. The molecule has 26 heavy (non-hydrogen) atoms. The van der Waals surface area contributed by atoms with Crippen molar-refractivity contribution in [3.05, 3.63) is 35.9 Å². The lowest BCUT2D eigenvalue weighted by Crippen LogP contribution is -2.51. The van der Waals surface area contributed by atoms with E-state index < -0.39 is 35.4 Å². The van der Waals surface area contributed by atoms with Crippen LogP contribution in [0.3, 0.4) is 0 Å². The van der Waals surface area contributed by atoms with Crippen LogP contribution in [0.4, 0.5) is 13.6 Å². The van der Waals surface area contributed by atoms with E-state index in [0.717, 1.165) is 0 Å².